The van der Waals surface area contributed by atoms with Gasteiger partial charge in [0.15, 0.2) is 5.78 Å². The highest BCUT2D eigenvalue weighted by Crippen LogP contribution is 2.32. The van der Waals surface area contributed by atoms with Crippen molar-refractivity contribution in [2.45, 2.75) is 30.8 Å². The summed E-state index contributed by atoms with van der Waals surface area (Å²) in [5.74, 6) is 0.380. The van der Waals surface area contributed by atoms with Crippen molar-refractivity contribution < 1.29 is 4.79 Å². The van der Waals surface area contributed by atoms with E-state index in [1.165, 1.54) is 5.57 Å². The van der Waals surface area contributed by atoms with Gasteiger partial charge in [0, 0.05) is 6.42 Å². The van der Waals surface area contributed by atoms with Crippen molar-refractivity contribution in [2.75, 3.05) is 12.5 Å². The molecule has 0 aromatic rings. The van der Waals surface area contributed by atoms with Crippen LogP contribution >= 0.6 is 23.5 Å². The van der Waals surface area contributed by atoms with E-state index in [-0.39, 0.29) is 0 Å². The Kier molecular flexibility index (Phi) is 4.39. The van der Waals surface area contributed by atoms with Gasteiger partial charge in [0.05, 0.1) is 4.58 Å². The van der Waals surface area contributed by atoms with Gasteiger partial charge in [-0.15, -0.1) is 0 Å². The van der Waals surface area contributed by atoms with E-state index >= 15 is 0 Å². The number of allylic oxidation sites excluding steroid dienone is 2. The molecule has 0 amide bonds. The van der Waals surface area contributed by atoms with Crippen LogP contribution in [0.1, 0.15) is 26.2 Å². The minimum absolute atomic E-state index is 0.380. The first-order valence-corrected chi connectivity index (χ1v) is 7.04. The Bertz CT molecular complexity index is 229. The third-order valence-electron chi connectivity index (χ3n) is 2.48. The second-order valence-electron chi connectivity index (χ2n) is 3.29. The second kappa shape index (κ2) is 5.11. The minimum Gasteiger partial charge on any atom is -0.295 e. The molecule has 13 heavy (non-hydrogen) atoms. The van der Waals surface area contributed by atoms with Gasteiger partial charge in [-0.2, -0.15) is 23.5 Å². The SMILES string of the molecule is CSC(CC1=C(C)CCC1=O)SC. The van der Waals surface area contributed by atoms with Crippen LogP contribution in [0.4, 0.5) is 0 Å². The number of carbonyl (C=O) groups excluding carboxylic acids is 1. The Labute approximate surface area is 88.7 Å². The molecule has 0 unspecified atom stereocenters. The summed E-state index contributed by atoms with van der Waals surface area (Å²) in [6, 6.07) is 0. The molecule has 74 valence electrons. The third-order valence-corrected chi connectivity index (χ3v) is 5.01. The number of rotatable bonds is 4. The van der Waals surface area contributed by atoms with E-state index in [4.69, 9.17) is 0 Å². The van der Waals surface area contributed by atoms with Crippen molar-refractivity contribution in [1.29, 1.82) is 0 Å². The van der Waals surface area contributed by atoms with Crippen molar-refractivity contribution >= 4 is 29.3 Å². The zero-order chi connectivity index (χ0) is 9.84. The molecule has 1 aliphatic rings. The number of hydrogen-bond donors (Lipinski definition) is 0. The van der Waals surface area contributed by atoms with Crippen molar-refractivity contribution in [3.05, 3.63) is 11.1 Å². The van der Waals surface area contributed by atoms with Crippen LogP contribution in [0.3, 0.4) is 0 Å². The lowest BCUT2D eigenvalue weighted by Gasteiger charge is -2.11. The van der Waals surface area contributed by atoms with Crippen LogP contribution in [0.5, 0.6) is 0 Å². The molecule has 1 rings (SSSR count). The topological polar surface area (TPSA) is 17.1 Å². The highest BCUT2D eigenvalue weighted by atomic mass is 32.2. The molecule has 0 aromatic carbocycles. The summed E-state index contributed by atoms with van der Waals surface area (Å²) in [7, 11) is 0. The van der Waals surface area contributed by atoms with E-state index < -0.39 is 0 Å². The van der Waals surface area contributed by atoms with E-state index in [0.717, 1.165) is 24.8 Å². The smallest absolute Gasteiger partial charge is 0.159 e. The molecule has 0 fully saturated rings. The fourth-order valence-corrected chi connectivity index (χ4v) is 2.99. The van der Waals surface area contributed by atoms with Gasteiger partial charge in [-0.25, -0.2) is 0 Å². The van der Waals surface area contributed by atoms with E-state index in [9.17, 15) is 4.79 Å². The summed E-state index contributed by atoms with van der Waals surface area (Å²) < 4.78 is 0.548. The van der Waals surface area contributed by atoms with Crippen LogP contribution in [0.2, 0.25) is 0 Å². The van der Waals surface area contributed by atoms with Gasteiger partial charge >= 0.3 is 0 Å². The Morgan fingerprint density at radius 3 is 2.31 bits per heavy atom. The quantitative estimate of drug-likeness (QED) is 0.672. The number of Topliss-reactive ketones (excluding diaryl/α,β-unsaturated/α-hetero) is 1. The molecule has 1 nitrogen and oxygen atoms in total. The monoisotopic (exact) mass is 216 g/mol. The molecule has 1 aliphatic carbocycles. The lowest BCUT2D eigenvalue weighted by atomic mass is 10.1. The first-order chi connectivity index (χ1) is 6.19. The molecule has 0 bridgehead atoms. The maximum Gasteiger partial charge on any atom is 0.159 e. The molecular weight excluding hydrogens is 200 g/mol. The lowest BCUT2D eigenvalue weighted by Crippen LogP contribution is -2.04. The lowest BCUT2D eigenvalue weighted by molar-refractivity contribution is -0.115. The largest absolute Gasteiger partial charge is 0.295 e. The van der Waals surface area contributed by atoms with Crippen molar-refractivity contribution in [3.63, 3.8) is 0 Å². The zero-order valence-electron chi connectivity index (χ0n) is 8.42. The Hall–Kier alpha value is 0.110. The second-order valence-corrected chi connectivity index (χ2v) is 5.67. The van der Waals surface area contributed by atoms with E-state index in [0.29, 0.717) is 10.4 Å². The highest BCUT2D eigenvalue weighted by Gasteiger charge is 2.22. The van der Waals surface area contributed by atoms with Gasteiger partial charge in [0.2, 0.25) is 0 Å². The molecule has 0 heterocycles. The number of ketones is 1. The van der Waals surface area contributed by atoms with Crippen LogP contribution in [0.25, 0.3) is 0 Å². The molecule has 0 aliphatic heterocycles. The van der Waals surface area contributed by atoms with Gasteiger partial charge < -0.3 is 0 Å². The summed E-state index contributed by atoms with van der Waals surface area (Å²) >= 11 is 3.67. The van der Waals surface area contributed by atoms with Gasteiger partial charge in [-0.05, 0) is 37.9 Å². The molecule has 3 heteroatoms. The molecule has 0 saturated carbocycles. The molecule has 0 radical (unpaired) electrons. The normalized spacial score (nSPS) is 17.7. The summed E-state index contributed by atoms with van der Waals surface area (Å²) in [5, 5.41) is 0. The van der Waals surface area contributed by atoms with Gasteiger partial charge in [-0.3, -0.25) is 4.79 Å². The third kappa shape index (κ3) is 2.78. The van der Waals surface area contributed by atoms with E-state index in [2.05, 4.69) is 19.4 Å². The van der Waals surface area contributed by atoms with Crippen LogP contribution in [0.15, 0.2) is 11.1 Å². The fraction of sp³-hybridized carbons (Fsp3) is 0.700. The Balaban J connectivity index is 2.61. The van der Waals surface area contributed by atoms with Gasteiger partial charge in [0.1, 0.15) is 0 Å². The predicted molar refractivity (Wildman–Crippen MR) is 62.4 cm³/mol. The van der Waals surface area contributed by atoms with Gasteiger partial charge in [0.25, 0.3) is 0 Å². The highest BCUT2D eigenvalue weighted by molar-refractivity contribution is 8.16. The summed E-state index contributed by atoms with van der Waals surface area (Å²) in [6.45, 7) is 2.10. The average molecular weight is 216 g/mol. The fourth-order valence-electron chi connectivity index (χ4n) is 1.56. The van der Waals surface area contributed by atoms with Crippen LogP contribution in [-0.2, 0) is 4.79 Å². The average Bonchev–Trinajstić information content (AvgIpc) is 2.44. The number of carbonyl (C=O) groups is 1. The maximum atomic E-state index is 11.5. The minimum atomic E-state index is 0.380. The first kappa shape index (κ1) is 11.2. The molecule has 0 atom stereocenters. The summed E-state index contributed by atoms with van der Waals surface area (Å²) in [5.41, 5.74) is 2.42. The van der Waals surface area contributed by atoms with Crippen LogP contribution in [0, 0.1) is 0 Å². The van der Waals surface area contributed by atoms with E-state index in [1.54, 1.807) is 0 Å². The number of thioether (sulfide) groups is 2. The van der Waals surface area contributed by atoms with Crippen LogP contribution < -0.4 is 0 Å². The standard InChI is InChI=1S/C10H16OS2/c1-7-4-5-9(11)8(7)6-10(12-2)13-3/h10H,4-6H2,1-3H3. The molecular formula is C10H16OS2. The van der Waals surface area contributed by atoms with Crippen molar-refractivity contribution in [3.8, 4) is 0 Å². The first-order valence-electron chi connectivity index (χ1n) is 4.46. The summed E-state index contributed by atoms with van der Waals surface area (Å²) in [6.07, 6.45) is 6.90. The van der Waals surface area contributed by atoms with E-state index in [1.807, 2.05) is 23.5 Å². The maximum absolute atomic E-state index is 11.5. The molecule has 0 saturated heterocycles. The van der Waals surface area contributed by atoms with Crippen molar-refractivity contribution in [1.82, 2.24) is 0 Å². The number of hydrogen-bond acceptors (Lipinski definition) is 3. The Morgan fingerprint density at radius 1 is 1.31 bits per heavy atom. The predicted octanol–water partition coefficient (Wildman–Crippen LogP) is 3.11. The zero-order valence-corrected chi connectivity index (χ0v) is 10.1. The molecule has 0 aromatic heterocycles. The van der Waals surface area contributed by atoms with Crippen LogP contribution in [-0.4, -0.2) is 22.9 Å². The molecule has 0 spiro atoms. The molecule has 0 N–H and O–H groups in total. The van der Waals surface area contributed by atoms with Gasteiger partial charge in [-0.1, -0.05) is 5.57 Å². The van der Waals surface area contributed by atoms with Crippen molar-refractivity contribution in [2.24, 2.45) is 0 Å². The Morgan fingerprint density at radius 2 is 1.92 bits per heavy atom. The summed E-state index contributed by atoms with van der Waals surface area (Å²) in [4.78, 5) is 11.5.